The number of anilines is 1. The number of carbonyl (C=O) groups is 1. The van der Waals surface area contributed by atoms with Gasteiger partial charge in [0.1, 0.15) is 5.75 Å². The lowest BCUT2D eigenvalue weighted by Gasteiger charge is -2.17. The minimum absolute atomic E-state index is 0. The van der Waals surface area contributed by atoms with E-state index in [2.05, 4.69) is 5.32 Å². The number of ether oxygens (including phenoxy) is 1. The minimum atomic E-state index is -0.123. The van der Waals surface area contributed by atoms with Crippen LogP contribution in [0.5, 0.6) is 5.75 Å². The number of amides is 2. The van der Waals surface area contributed by atoms with Crippen LogP contribution in [-0.2, 0) is 0 Å². The van der Waals surface area contributed by atoms with Crippen LogP contribution >= 0.6 is 12.4 Å². The molecule has 0 spiro atoms. The van der Waals surface area contributed by atoms with E-state index in [0.29, 0.717) is 24.5 Å². The maximum atomic E-state index is 11.9. The van der Waals surface area contributed by atoms with Crippen LogP contribution in [-0.4, -0.2) is 37.2 Å². The van der Waals surface area contributed by atoms with Crippen LogP contribution in [0.1, 0.15) is 6.42 Å². The van der Waals surface area contributed by atoms with Gasteiger partial charge in [-0.3, -0.25) is 0 Å². The van der Waals surface area contributed by atoms with E-state index in [9.17, 15) is 4.79 Å². The summed E-state index contributed by atoms with van der Waals surface area (Å²) in [6.07, 6.45) is 0.860. The third-order valence-electron chi connectivity index (χ3n) is 2.86. The summed E-state index contributed by atoms with van der Waals surface area (Å²) < 4.78 is 5.17. The van der Waals surface area contributed by atoms with E-state index in [1.165, 1.54) is 0 Å². The van der Waals surface area contributed by atoms with Crippen LogP contribution in [0.3, 0.4) is 0 Å². The first-order valence-corrected chi connectivity index (χ1v) is 5.65. The van der Waals surface area contributed by atoms with Crippen LogP contribution in [0, 0.1) is 0 Å². The smallest absolute Gasteiger partial charge is 0.322 e. The second kappa shape index (κ2) is 6.47. The van der Waals surface area contributed by atoms with Gasteiger partial charge in [-0.05, 0) is 18.6 Å². The first-order chi connectivity index (χ1) is 8.20. The zero-order valence-electron chi connectivity index (χ0n) is 10.3. The molecule has 2 amide bonds. The summed E-state index contributed by atoms with van der Waals surface area (Å²) >= 11 is 0. The Morgan fingerprint density at radius 3 is 2.83 bits per heavy atom. The number of nitrogens with zero attached hydrogens (tertiary/aromatic N) is 1. The minimum Gasteiger partial charge on any atom is -0.495 e. The predicted molar refractivity (Wildman–Crippen MR) is 73.4 cm³/mol. The normalized spacial score (nSPS) is 18.1. The molecule has 1 aliphatic heterocycles. The summed E-state index contributed by atoms with van der Waals surface area (Å²) in [6.45, 7) is 1.32. The summed E-state index contributed by atoms with van der Waals surface area (Å²) in [5, 5.41) is 2.83. The number of methoxy groups -OCH3 is 1. The summed E-state index contributed by atoms with van der Waals surface area (Å²) in [4.78, 5) is 13.7. The molecule has 1 fully saturated rings. The molecule has 6 heteroatoms. The average Bonchev–Trinajstić information content (AvgIpc) is 2.77. The van der Waals surface area contributed by atoms with Gasteiger partial charge in [0.2, 0.25) is 0 Å². The van der Waals surface area contributed by atoms with E-state index in [-0.39, 0.29) is 24.5 Å². The molecule has 100 valence electrons. The molecule has 0 radical (unpaired) electrons. The van der Waals surface area contributed by atoms with Crippen molar-refractivity contribution in [3.63, 3.8) is 0 Å². The predicted octanol–water partition coefficient (Wildman–Crippen LogP) is 1.68. The lowest BCUT2D eigenvalue weighted by atomic mass is 10.3. The number of carbonyl (C=O) groups excluding carboxylic acids is 1. The Morgan fingerprint density at radius 2 is 2.22 bits per heavy atom. The molecular formula is C12H18ClN3O2. The number of nitrogens with two attached hydrogens (primary N) is 1. The van der Waals surface area contributed by atoms with E-state index < -0.39 is 0 Å². The van der Waals surface area contributed by atoms with Gasteiger partial charge in [-0.15, -0.1) is 12.4 Å². The van der Waals surface area contributed by atoms with Crippen molar-refractivity contribution in [1.82, 2.24) is 4.90 Å². The molecule has 18 heavy (non-hydrogen) atoms. The Labute approximate surface area is 113 Å². The monoisotopic (exact) mass is 271 g/mol. The van der Waals surface area contributed by atoms with Gasteiger partial charge in [0, 0.05) is 19.1 Å². The third kappa shape index (κ3) is 3.27. The van der Waals surface area contributed by atoms with Gasteiger partial charge in [-0.2, -0.15) is 0 Å². The van der Waals surface area contributed by atoms with Crippen molar-refractivity contribution < 1.29 is 9.53 Å². The van der Waals surface area contributed by atoms with Gasteiger partial charge in [0.25, 0.3) is 0 Å². The molecule has 1 unspecified atom stereocenters. The van der Waals surface area contributed by atoms with E-state index in [4.69, 9.17) is 10.5 Å². The molecule has 0 saturated carbocycles. The van der Waals surface area contributed by atoms with Gasteiger partial charge in [0.15, 0.2) is 0 Å². The highest BCUT2D eigenvalue weighted by molar-refractivity contribution is 5.91. The Morgan fingerprint density at radius 1 is 1.50 bits per heavy atom. The van der Waals surface area contributed by atoms with Gasteiger partial charge in [0.05, 0.1) is 12.8 Å². The number of hydrogen-bond donors (Lipinski definition) is 2. The number of para-hydroxylation sites is 2. The van der Waals surface area contributed by atoms with Crippen LogP contribution in [0.15, 0.2) is 24.3 Å². The fraction of sp³-hybridized carbons (Fsp3) is 0.417. The number of urea groups is 1. The highest BCUT2D eigenvalue weighted by atomic mass is 35.5. The number of rotatable bonds is 2. The molecule has 2 rings (SSSR count). The molecule has 1 aromatic carbocycles. The second-order valence-electron chi connectivity index (χ2n) is 4.13. The Bertz CT molecular complexity index is 414. The maximum Gasteiger partial charge on any atom is 0.322 e. The Balaban J connectivity index is 0.00000162. The molecule has 1 aromatic rings. The number of nitrogens with one attached hydrogen (secondary N) is 1. The Hall–Kier alpha value is -1.46. The van der Waals surface area contributed by atoms with Crippen LogP contribution in [0.25, 0.3) is 0 Å². The number of benzene rings is 1. The SMILES string of the molecule is COc1ccccc1NC(=O)N1CCC(N)C1.Cl. The maximum absolute atomic E-state index is 11.9. The van der Waals surface area contributed by atoms with Crippen molar-refractivity contribution in [2.24, 2.45) is 5.73 Å². The van der Waals surface area contributed by atoms with Crippen molar-refractivity contribution in [2.45, 2.75) is 12.5 Å². The third-order valence-corrected chi connectivity index (χ3v) is 2.86. The zero-order chi connectivity index (χ0) is 12.3. The van der Waals surface area contributed by atoms with E-state index in [1.807, 2.05) is 24.3 Å². The molecule has 1 atom stereocenters. The summed E-state index contributed by atoms with van der Waals surface area (Å²) in [7, 11) is 1.58. The number of hydrogen-bond acceptors (Lipinski definition) is 3. The summed E-state index contributed by atoms with van der Waals surface area (Å²) in [5.74, 6) is 0.657. The van der Waals surface area contributed by atoms with Crippen LogP contribution < -0.4 is 15.8 Å². The lowest BCUT2D eigenvalue weighted by molar-refractivity contribution is 0.222. The van der Waals surface area contributed by atoms with Crippen molar-refractivity contribution in [3.05, 3.63) is 24.3 Å². The van der Waals surface area contributed by atoms with Crippen LogP contribution in [0.4, 0.5) is 10.5 Å². The quantitative estimate of drug-likeness (QED) is 0.860. The standard InChI is InChI=1S/C12H17N3O2.ClH/c1-17-11-5-3-2-4-10(11)14-12(16)15-7-6-9(13)8-15;/h2-5,9H,6-8,13H2,1H3,(H,14,16);1H. The first-order valence-electron chi connectivity index (χ1n) is 5.65. The first kappa shape index (κ1) is 14.6. The van der Waals surface area contributed by atoms with E-state index in [1.54, 1.807) is 12.0 Å². The van der Waals surface area contributed by atoms with Gasteiger partial charge in [-0.25, -0.2) is 4.79 Å². The van der Waals surface area contributed by atoms with E-state index >= 15 is 0 Å². The average molecular weight is 272 g/mol. The van der Waals surface area contributed by atoms with Crippen molar-refractivity contribution in [1.29, 1.82) is 0 Å². The molecule has 5 nitrogen and oxygen atoms in total. The zero-order valence-corrected chi connectivity index (χ0v) is 11.1. The molecule has 0 aliphatic carbocycles. The number of likely N-dealkylation sites (tertiary alicyclic amines) is 1. The van der Waals surface area contributed by atoms with Gasteiger partial charge in [-0.1, -0.05) is 12.1 Å². The van der Waals surface area contributed by atoms with Crippen molar-refractivity contribution in [2.75, 3.05) is 25.5 Å². The summed E-state index contributed by atoms with van der Waals surface area (Å²) in [5.41, 5.74) is 6.45. The molecule has 1 heterocycles. The Kier molecular flexibility index (Phi) is 5.25. The van der Waals surface area contributed by atoms with Crippen LogP contribution in [0.2, 0.25) is 0 Å². The molecule has 1 saturated heterocycles. The fourth-order valence-corrected chi connectivity index (χ4v) is 1.91. The van der Waals surface area contributed by atoms with Gasteiger partial charge >= 0.3 is 6.03 Å². The highest BCUT2D eigenvalue weighted by Crippen LogP contribution is 2.23. The second-order valence-corrected chi connectivity index (χ2v) is 4.13. The number of halogens is 1. The van der Waals surface area contributed by atoms with Crippen molar-refractivity contribution >= 4 is 24.1 Å². The summed E-state index contributed by atoms with van der Waals surface area (Å²) in [6, 6.07) is 7.31. The molecule has 1 aliphatic rings. The topological polar surface area (TPSA) is 67.6 Å². The molecule has 0 aromatic heterocycles. The largest absolute Gasteiger partial charge is 0.495 e. The van der Waals surface area contributed by atoms with E-state index in [0.717, 1.165) is 6.42 Å². The highest BCUT2D eigenvalue weighted by Gasteiger charge is 2.23. The lowest BCUT2D eigenvalue weighted by Crippen LogP contribution is -2.35. The van der Waals surface area contributed by atoms with Gasteiger partial charge < -0.3 is 20.7 Å². The molecule has 3 N–H and O–H groups in total. The molecular weight excluding hydrogens is 254 g/mol. The molecule has 0 bridgehead atoms. The van der Waals surface area contributed by atoms with Crippen molar-refractivity contribution in [3.8, 4) is 5.75 Å². The fourth-order valence-electron chi connectivity index (χ4n) is 1.91.